The van der Waals surface area contributed by atoms with Gasteiger partial charge in [0.05, 0.1) is 24.6 Å². The number of carbonyl (C=O) groups excluding carboxylic acids is 4. The van der Waals surface area contributed by atoms with Gasteiger partial charge in [-0.05, 0) is 107 Å². The van der Waals surface area contributed by atoms with Crippen LogP contribution in [0.1, 0.15) is 112 Å². The summed E-state index contributed by atoms with van der Waals surface area (Å²) in [5.41, 5.74) is 17.0. The number of hydrazine groups is 1. The number of fused-ring (bicyclic) bond motifs is 6. The number of aromatic nitrogens is 2. The fourth-order valence-electron chi connectivity index (χ4n) is 11.2. The molecule has 69 heavy (non-hydrogen) atoms. The molecule has 0 radical (unpaired) electrons. The van der Waals surface area contributed by atoms with E-state index in [2.05, 4.69) is 114 Å². The summed E-state index contributed by atoms with van der Waals surface area (Å²) in [4.78, 5) is 63.0. The van der Waals surface area contributed by atoms with Crippen LogP contribution in [0, 0.1) is 11.3 Å². The molecule has 3 amide bonds. The number of hydrogen-bond acceptors (Lipinski definition) is 10. The van der Waals surface area contributed by atoms with Crippen molar-refractivity contribution in [2.24, 2.45) is 17.1 Å². The molecule has 14 nitrogen and oxygen atoms in total. The number of likely N-dealkylation sites (N-methyl/N-ethyl adjacent to an activating group) is 1. The van der Waals surface area contributed by atoms with E-state index in [0.29, 0.717) is 55.6 Å². The van der Waals surface area contributed by atoms with Gasteiger partial charge in [-0.2, -0.15) is 0 Å². The Morgan fingerprint density at radius 1 is 1.01 bits per heavy atom. The van der Waals surface area contributed by atoms with Crippen molar-refractivity contribution >= 4 is 42.9 Å². The monoisotopic (exact) mass is 966 g/mol. The highest BCUT2D eigenvalue weighted by atomic mass is 28.4. The molecule has 4 heterocycles. The minimum absolute atomic E-state index is 0.0846. The summed E-state index contributed by atoms with van der Waals surface area (Å²) in [7, 11) is 0.783. The Morgan fingerprint density at radius 3 is 2.36 bits per heavy atom. The lowest BCUT2D eigenvalue weighted by molar-refractivity contribution is -0.155. The Bertz CT molecular complexity index is 2460. The Hall–Kier alpha value is -5.09. The van der Waals surface area contributed by atoms with Gasteiger partial charge in [-0.15, -0.1) is 0 Å². The molecule has 4 N–H and O–H groups in total. The first kappa shape index (κ1) is 53.3. The molecule has 6 bridgehead atoms. The number of nitrogens with two attached hydrogens (primary N) is 1. The number of methoxy groups -OCH3 is 1. The maximum atomic E-state index is 15.0. The number of carbonyl (C=O) groups is 4. The predicted octanol–water partition coefficient (Wildman–Crippen LogP) is 8.57. The molecule has 376 valence electrons. The van der Waals surface area contributed by atoms with Crippen molar-refractivity contribution in [1.82, 2.24) is 30.2 Å². The molecule has 6 rings (SSSR count). The molecule has 2 aliphatic heterocycles. The molecule has 0 saturated carbocycles. The SMILES string of the molecule is CCn1c(-c2cccnc2COC)c2c3cc(ccc31)-c1cc(cc(O[Si](C(C)C)(C(C)C)C(C)C)c1)C[C@H](NC(=O)[C@H](C(C)C)N(C)C(=O)CCN)C(=O)N1CCC[C@H](N1)C(=O)OCC(C)(C)C2. The normalized spacial score (nSPS) is 18.4. The van der Waals surface area contributed by atoms with Gasteiger partial charge in [0.25, 0.3) is 14.2 Å². The van der Waals surface area contributed by atoms with E-state index >= 15 is 4.79 Å². The third-order valence-corrected chi connectivity index (χ3v) is 20.3. The molecule has 0 unspecified atom stereocenters. The summed E-state index contributed by atoms with van der Waals surface area (Å²) in [6.07, 6.45) is 3.58. The van der Waals surface area contributed by atoms with Crippen LogP contribution in [0.2, 0.25) is 16.6 Å². The molecule has 2 aliphatic rings. The van der Waals surface area contributed by atoms with Gasteiger partial charge in [0.2, 0.25) is 11.8 Å². The Morgan fingerprint density at radius 2 is 1.72 bits per heavy atom. The summed E-state index contributed by atoms with van der Waals surface area (Å²) < 4.78 is 21.6. The zero-order chi connectivity index (χ0) is 50.5. The van der Waals surface area contributed by atoms with Crippen molar-refractivity contribution in [3.63, 3.8) is 0 Å². The van der Waals surface area contributed by atoms with Crippen LogP contribution in [0.5, 0.6) is 5.75 Å². The molecular weight excluding hydrogens is 887 g/mol. The van der Waals surface area contributed by atoms with Crippen LogP contribution in [-0.2, 0) is 54.6 Å². The molecule has 4 aromatic rings. The van der Waals surface area contributed by atoms with E-state index in [0.717, 1.165) is 55.9 Å². The first-order valence-corrected chi connectivity index (χ1v) is 27.2. The Kier molecular flexibility index (Phi) is 17.2. The van der Waals surface area contributed by atoms with Gasteiger partial charge in [0.1, 0.15) is 23.9 Å². The first-order valence-electron chi connectivity index (χ1n) is 25.1. The number of aryl methyl sites for hydroxylation is 1. The van der Waals surface area contributed by atoms with Crippen LogP contribution >= 0.6 is 0 Å². The van der Waals surface area contributed by atoms with Gasteiger partial charge in [0, 0.05) is 74.7 Å². The van der Waals surface area contributed by atoms with E-state index < -0.39 is 49.6 Å². The lowest BCUT2D eigenvalue weighted by Gasteiger charge is -2.42. The van der Waals surface area contributed by atoms with Crippen molar-refractivity contribution < 1.29 is 33.1 Å². The summed E-state index contributed by atoms with van der Waals surface area (Å²) >= 11 is 0. The van der Waals surface area contributed by atoms with Crippen molar-refractivity contribution in [2.45, 2.75) is 156 Å². The van der Waals surface area contributed by atoms with Crippen molar-refractivity contribution in [2.75, 3.05) is 33.9 Å². The molecular formula is C54H79N7O7Si. The molecule has 1 fully saturated rings. The van der Waals surface area contributed by atoms with E-state index in [9.17, 15) is 14.4 Å². The average molecular weight is 966 g/mol. The molecule has 2 aromatic carbocycles. The number of cyclic esters (lactones) is 1. The van der Waals surface area contributed by atoms with Gasteiger partial charge < -0.3 is 34.4 Å². The van der Waals surface area contributed by atoms with E-state index in [1.165, 1.54) is 9.91 Å². The topological polar surface area (TPSA) is 170 Å². The van der Waals surface area contributed by atoms with Crippen LogP contribution in [0.15, 0.2) is 54.7 Å². The average Bonchev–Trinajstić information content (AvgIpc) is 3.60. The minimum atomic E-state index is -2.50. The highest BCUT2D eigenvalue weighted by molar-refractivity contribution is 6.78. The zero-order valence-electron chi connectivity index (χ0n) is 43.5. The number of pyridine rings is 1. The third kappa shape index (κ3) is 11.4. The maximum Gasteiger partial charge on any atom is 0.324 e. The zero-order valence-corrected chi connectivity index (χ0v) is 44.5. The second kappa shape index (κ2) is 22.3. The highest BCUT2D eigenvalue weighted by Gasteiger charge is 2.47. The van der Waals surface area contributed by atoms with Gasteiger partial charge in [-0.25, -0.2) is 5.43 Å². The third-order valence-electron chi connectivity index (χ3n) is 14.3. The number of ether oxygens (including phenoxy) is 2. The number of nitrogens with one attached hydrogen (secondary N) is 2. The van der Waals surface area contributed by atoms with Crippen molar-refractivity contribution in [3.05, 3.63) is 71.5 Å². The molecule has 0 aliphatic carbocycles. The van der Waals surface area contributed by atoms with Crippen molar-refractivity contribution in [1.29, 1.82) is 0 Å². The summed E-state index contributed by atoms with van der Waals surface area (Å²) in [6, 6.07) is 14.2. The van der Waals surface area contributed by atoms with Gasteiger partial charge in [-0.3, -0.25) is 29.2 Å². The predicted molar refractivity (Wildman–Crippen MR) is 276 cm³/mol. The molecule has 0 spiro atoms. The number of hydrogen-bond donors (Lipinski definition) is 3. The number of nitrogens with zero attached hydrogens (tertiary/aromatic N) is 4. The maximum absolute atomic E-state index is 15.0. The van der Waals surface area contributed by atoms with E-state index in [4.69, 9.17) is 24.6 Å². The standard InChI is InChI=1S/C54H79N7O7Si/c1-14-60-47-20-19-38-29-42(47)43(50(60)41-17-15-23-56-46(41)31-66-13)30-54(10,11)32-67-53(65)44-18-16-24-61(58-44)52(64)45(57-51(63)49(33(2)3)59(12)48(62)21-22-55)27-37-25-39(38)28-40(26-37)68-69(34(4)5,35(6)7)36(8)9/h15,17,19-20,23,25-26,28-29,33-36,44-45,49,58H,14,16,18,21-22,24,27,30-32,55H2,1-13H3,(H,57,63)/t44-,45-,49-/m0/s1. The largest absolute Gasteiger partial charge is 0.543 e. The minimum Gasteiger partial charge on any atom is -0.543 e. The second-order valence-electron chi connectivity index (χ2n) is 21.3. The fraction of sp³-hybridized carbons (Fsp3) is 0.574. The highest BCUT2D eigenvalue weighted by Crippen LogP contribution is 2.45. The number of esters is 1. The van der Waals surface area contributed by atoms with Gasteiger partial charge in [0.15, 0.2) is 0 Å². The van der Waals surface area contributed by atoms with E-state index in [1.807, 2.05) is 26.0 Å². The lowest BCUT2D eigenvalue weighted by Crippen LogP contribution is -2.62. The van der Waals surface area contributed by atoms with Crippen LogP contribution in [0.3, 0.4) is 0 Å². The lowest BCUT2D eigenvalue weighted by atomic mass is 9.84. The quantitative estimate of drug-likeness (QED) is 0.0775. The smallest absolute Gasteiger partial charge is 0.324 e. The number of benzene rings is 2. The molecule has 15 heteroatoms. The van der Waals surface area contributed by atoms with Crippen LogP contribution in [0.4, 0.5) is 0 Å². The first-order chi connectivity index (χ1) is 32.7. The van der Waals surface area contributed by atoms with Crippen molar-refractivity contribution in [3.8, 4) is 28.1 Å². The number of rotatable bonds is 15. The van der Waals surface area contributed by atoms with Crippen LogP contribution in [0.25, 0.3) is 33.3 Å². The summed E-state index contributed by atoms with van der Waals surface area (Å²) in [6.45, 7) is 25.4. The molecule has 2 aromatic heterocycles. The fourth-order valence-corrected chi connectivity index (χ4v) is 16.4. The van der Waals surface area contributed by atoms with Crippen LogP contribution in [-0.4, -0.2) is 103 Å². The van der Waals surface area contributed by atoms with Gasteiger partial charge in [-0.1, -0.05) is 81.4 Å². The summed E-state index contributed by atoms with van der Waals surface area (Å²) in [5.74, 6) is -1.12. The Balaban J connectivity index is 1.62. The Labute approximate surface area is 411 Å². The van der Waals surface area contributed by atoms with Gasteiger partial charge >= 0.3 is 5.97 Å². The second-order valence-corrected chi connectivity index (χ2v) is 26.7. The van der Waals surface area contributed by atoms with Crippen LogP contribution < -0.4 is 20.9 Å². The molecule has 3 atom stereocenters. The molecule has 1 saturated heterocycles. The van der Waals surface area contributed by atoms with E-state index in [1.54, 1.807) is 20.4 Å². The number of amides is 3. The van der Waals surface area contributed by atoms with E-state index in [-0.39, 0.29) is 37.8 Å². The summed E-state index contributed by atoms with van der Waals surface area (Å²) in [5, 5.41) is 5.64.